The number of nitrogens with one attached hydrogen (secondary N) is 2. The summed E-state index contributed by atoms with van der Waals surface area (Å²) in [6.07, 6.45) is -1.00. The van der Waals surface area contributed by atoms with Crippen LogP contribution in [-0.4, -0.2) is 40.3 Å². The minimum absolute atomic E-state index is 0.370. The SMILES string of the molecule is CC(C)(C)OC(=O)NC(CNc1cc(F)c([N+](=O)[O-])cc1F)C(=O)O. The largest absolute Gasteiger partial charge is 0.480 e. The van der Waals surface area contributed by atoms with E-state index in [1.807, 2.05) is 0 Å². The minimum atomic E-state index is -1.51. The zero-order chi connectivity index (χ0) is 19.4. The maximum atomic E-state index is 13.7. The number of aliphatic carboxylic acids is 1. The summed E-state index contributed by atoms with van der Waals surface area (Å²) < 4.78 is 32.1. The second-order valence-electron chi connectivity index (χ2n) is 5.96. The number of anilines is 1. The third-order valence-electron chi connectivity index (χ3n) is 2.72. The smallest absolute Gasteiger partial charge is 0.408 e. The molecule has 1 unspecified atom stereocenters. The second-order valence-corrected chi connectivity index (χ2v) is 5.96. The van der Waals surface area contributed by atoms with Crippen molar-refractivity contribution in [3.05, 3.63) is 33.9 Å². The van der Waals surface area contributed by atoms with Gasteiger partial charge < -0.3 is 20.5 Å². The molecule has 1 amide bonds. The Morgan fingerprint density at radius 2 is 1.92 bits per heavy atom. The molecule has 1 aromatic carbocycles. The number of nitro benzene ring substituents is 1. The molecular formula is C14H17F2N3O6. The molecular weight excluding hydrogens is 344 g/mol. The first-order chi connectivity index (χ1) is 11.4. The van der Waals surface area contributed by atoms with Crippen molar-refractivity contribution in [3.63, 3.8) is 0 Å². The molecule has 0 bridgehead atoms. The number of carboxylic acids is 1. The molecule has 1 rings (SSSR count). The van der Waals surface area contributed by atoms with Gasteiger partial charge in [-0.3, -0.25) is 10.1 Å². The number of amides is 1. The van der Waals surface area contributed by atoms with Crippen LogP contribution in [0.25, 0.3) is 0 Å². The fourth-order valence-corrected chi connectivity index (χ4v) is 1.67. The number of nitrogens with zero attached hydrogens (tertiary/aromatic N) is 1. The number of nitro groups is 1. The summed E-state index contributed by atoms with van der Waals surface area (Å²) in [5, 5.41) is 23.9. The van der Waals surface area contributed by atoms with Crippen LogP contribution in [0.15, 0.2) is 12.1 Å². The van der Waals surface area contributed by atoms with Crippen LogP contribution < -0.4 is 10.6 Å². The average molecular weight is 361 g/mol. The van der Waals surface area contributed by atoms with Gasteiger partial charge in [-0.05, 0) is 20.8 Å². The van der Waals surface area contributed by atoms with Gasteiger partial charge in [0, 0.05) is 12.6 Å². The van der Waals surface area contributed by atoms with Crippen LogP contribution in [0.2, 0.25) is 0 Å². The Labute approximate surface area is 141 Å². The molecule has 0 saturated heterocycles. The van der Waals surface area contributed by atoms with Crippen molar-refractivity contribution in [2.24, 2.45) is 0 Å². The summed E-state index contributed by atoms with van der Waals surface area (Å²) in [6.45, 7) is 4.23. The summed E-state index contributed by atoms with van der Waals surface area (Å²) >= 11 is 0. The molecule has 0 radical (unpaired) electrons. The Morgan fingerprint density at radius 3 is 2.40 bits per heavy atom. The van der Waals surface area contributed by atoms with Crippen LogP contribution in [0.4, 0.5) is 25.0 Å². The van der Waals surface area contributed by atoms with Gasteiger partial charge >= 0.3 is 17.7 Å². The predicted molar refractivity (Wildman–Crippen MR) is 82.3 cm³/mol. The highest BCUT2D eigenvalue weighted by Gasteiger charge is 2.25. The van der Waals surface area contributed by atoms with E-state index >= 15 is 0 Å². The summed E-state index contributed by atoms with van der Waals surface area (Å²) in [5.41, 5.74) is -2.39. The van der Waals surface area contributed by atoms with Crippen molar-refractivity contribution in [1.29, 1.82) is 0 Å². The molecule has 9 nitrogen and oxygen atoms in total. The Kier molecular flexibility index (Phi) is 6.20. The summed E-state index contributed by atoms with van der Waals surface area (Å²) in [4.78, 5) is 32.2. The predicted octanol–water partition coefficient (Wildman–Crippen LogP) is 2.26. The van der Waals surface area contributed by atoms with E-state index in [1.54, 1.807) is 20.8 Å². The number of carbonyl (C=O) groups is 2. The Bertz CT molecular complexity index is 690. The molecule has 0 fully saturated rings. The number of hydrogen-bond acceptors (Lipinski definition) is 6. The zero-order valence-corrected chi connectivity index (χ0v) is 13.6. The highest BCUT2D eigenvalue weighted by Crippen LogP contribution is 2.24. The van der Waals surface area contributed by atoms with Crippen molar-refractivity contribution in [2.45, 2.75) is 32.4 Å². The second kappa shape index (κ2) is 7.73. The van der Waals surface area contributed by atoms with Gasteiger partial charge in [-0.25, -0.2) is 14.0 Å². The van der Waals surface area contributed by atoms with E-state index in [2.05, 4.69) is 10.6 Å². The fourth-order valence-electron chi connectivity index (χ4n) is 1.67. The molecule has 0 saturated carbocycles. The van der Waals surface area contributed by atoms with E-state index < -0.39 is 58.2 Å². The van der Waals surface area contributed by atoms with Gasteiger partial charge in [0.15, 0.2) is 5.82 Å². The Balaban J connectivity index is 2.82. The van der Waals surface area contributed by atoms with Crippen molar-refractivity contribution in [3.8, 4) is 0 Å². The van der Waals surface area contributed by atoms with Gasteiger partial charge in [0.1, 0.15) is 11.6 Å². The van der Waals surface area contributed by atoms with Crippen LogP contribution in [0.1, 0.15) is 20.8 Å². The average Bonchev–Trinajstić information content (AvgIpc) is 2.43. The van der Waals surface area contributed by atoms with Gasteiger partial charge in [0.05, 0.1) is 16.7 Å². The number of hydrogen-bond donors (Lipinski definition) is 3. The minimum Gasteiger partial charge on any atom is -0.480 e. The number of halogens is 2. The van der Waals surface area contributed by atoms with Gasteiger partial charge in [-0.15, -0.1) is 0 Å². The van der Waals surface area contributed by atoms with E-state index in [0.29, 0.717) is 12.1 Å². The van der Waals surface area contributed by atoms with E-state index in [1.165, 1.54) is 0 Å². The molecule has 0 spiro atoms. The first-order valence-corrected chi connectivity index (χ1v) is 7.00. The normalized spacial score (nSPS) is 12.2. The standard InChI is InChI=1S/C14H17F2N3O6/c1-14(2,3)25-13(22)18-10(12(20)21)6-17-9-4-8(16)11(19(23)24)5-7(9)15/h4-5,10,17H,6H2,1-3H3,(H,18,22)(H,20,21). The molecule has 0 aliphatic heterocycles. The van der Waals surface area contributed by atoms with Crippen molar-refractivity contribution >= 4 is 23.4 Å². The maximum absolute atomic E-state index is 13.7. The van der Waals surface area contributed by atoms with Crippen molar-refractivity contribution in [2.75, 3.05) is 11.9 Å². The van der Waals surface area contributed by atoms with Crippen LogP contribution in [0.5, 0.6) is 0 Å². The van der Waals surface area contributed by atoms with Crippen LogP contribution in [0.3, 0.4) is 0 Å². The van der Waals surface area contributed by atoms with Crippen LogP contribution in [-0.2, 0) is 9.53 Å². The lowest BCUT2D eigenvalue weighted by Crippen LogP contribution is -2.47. The van der Waals surface area contributed by atoms with Crippen molar-refractivity contribution in [1.82, 2.24) is 5.32 Å². The summed E-state index contributed by atoms with van der Waals surface area (Å²) in [6, 6.07) is -0.610. The van der Waals surface area contributed by atoms with Crippen LogP contribution in [0, 0.1) is 21.7 Å². The zero-order valence-electron chi connectivity index (χ0n) is 13.6. The van der Waals surface area contributed by atoms with Gasteiger partial charge in [-0.1, -0.05) is 0 Å². The summed E-state index contributed by atoms with van der Waals surface area (Å²) in [5.74, 6) is -3.88. The van der Waals surface area contributed by atoms with Gasteiger partial charge in [0.25, 0.3) is 0 Å². The highest BCUT2D eigenvalue weighted by atomic mass is 19.1. The molecule has 25 heavy (non-hydrogen) atoms. The molecule has 0 aliphatic carbocycles. The maximum Gasteiger partial charge on any atom is 0.408 e. The third-order valence-corrected chi connectivity index (χ3v) is 2.72. The highest BCUT2D eigenvalue weighted by molar-refractivity contribution is 5.80. The van der Waals surface area contributed by atoms with Gasteiger partial charge in [0.2, 0.25) is 5.82 Å². The first-order valence-electron chi connectivity index (χ1n) is 7.00. The van der Waals surface area contributed by atoms with Gasteiger partial charge in [-0.2, -0.15) is 4.39 Å². The van der Waals surface area contributed by atoms with Crippen LogP contribution >= 0.6 is 0 Å². The summed E-state index contributed by atoms with van der Waals surface area (Å²) in [7, 11) is 0. The van der Waals surface area contributed by atoms with Crippen molar-refractivity contribution < 1.29 is 33.1 Å². The lowest BCUT2D eigenvalue weighted by molar-refractivity contribution is -0.387. The molecule has 1 aromatic rings. The van der Waals surface area contributed by atoms with E-state index in [-0.39, 0.29) is 0 Å². The number of carbonyl (C=O) groups excluding carboxylic acids is 1. The molecule has 0 heterocycles. The number of benzene rings is 1. The molecule has 3 N–H and O–H groups in total. The molecule has 0 aliphatic rings. The number of ether oxygens (including phenoxy) is 1. The Morgan fingerprint density at radius 1 is 1.32 bits per heavy atom. The van der Waals surface area contributed by atoms with E-state index in [9.17, 15) is 28.5 Å². The lowest BCUT2D eigenvalue weighted by atomic mass is 10.2. The fraction of sp³-hybridized carbons (Fsp3) is 0.429. The number of rotatable bonds is 6. The number of carboxylic acid groups (broad SMARTS) is 1. The third kappa shape index (κ3) is 6.20. The molecule has 11 heteroatoms. The van der Waals surface area contributed by atoms with E-state index in [4.69, 9.17) is 9.84 Å². The first kappa shape index (κ1) is 20.1. The monoisotopic (exact) mass is 361 g/mol. The Hall–Kier alpha value is -2.98. The topological polar surface area (TPSA) is 131 Å². The molecule has 1 atom stereocenters. The lowest BCUT2D eigenvalue weighted by Gasteiger charge is -2.22. The molecule has 138 valence electrons. The van der Waals surface area contributed by atoms with E-state index in [0.717, 1.165) is 0 Å². The number of alkyl carbamates (subject to hydrolysis) is 1. The quantitative estimate of drug-likeness (QED) is 0.523. The molecule has 0 aromatic heterocycles.